The average Bonchev–Trinajstić information content (AvgIpc) is 2.66. The number of aromatic nitrogens is 1. The van der Waals surface area contributed by atoms with E-state index in [1.165, 1.54) is 5.56 Å². The molecule has 2 aromatic carbocycles. The lowest BCUT2D eigenvalue weighted by Gasteiger charge is -2.19. The van der Waals surface area contributed by atoms with Crippen LogP contribution in [0.15, 0.2) is 48.7 Å². The zero-order valence-corrected chi connectivity index (χ0v) is 19.6. The zero-order chi connectivity index (χ0) is 23.0. The normalized spacial score (nSPS) is 13.1. The molecule has 1 heterocycles. The summed E-state index contributed by atoms with van der Waals surface area (Å²) in [7, 11) is -3.34. The number of benzene rings is 2. The van der Waals surface area contributed by atoms with Gasteiger partial charge in [0.05, 0.1) is 29.1 Å². The van der Waals surface area contributed by atoms with Crippen LogP contribution in [0.1, 0.15) is 60.8 Å². The standard InChI is InChI=1S/C24H29N3O3S/c1-15-11-17(8-10-21(15)27-31(6,29)30)16(2)26-23(28)19-12-18-7-9-20(24(3,4)5)13-22(18)25-14-19/h7-14,16,27H,1-6H3,(H,26,28). The topological polar surface area (TPSA) is 88.2 Å². The van der Waals surface area contributed by atoms with Crippen LogP contribution in [0.4, 0.5) is 5.69 Å². The van der Waals surface area contributed by atoms with Crippen molar-refractivity contribution in [2.75, 3.05) is 11.0 Å². The molecule has 0 bridgehead atoms. The van der Waals surface area contributed by atoms with Crippen LogP contribution in [-0.2, 0) is 15.4 Å². The van der Waals surface area contributed by atoms with Gasteiger partial charge >= 0.3 is 0 Å². The fourth-order valence-corrected chi connectivity index (χ4v) is 3.97. The van der Waals surface area contributed by atoms with Gasteiger partial charge in [-0.15, -0.1) is 0 Å². The maximum Gasteiger partial charge on any atom is 0.253 e. The van der Waals surface area contributed by atoms with Crippen LogP contribution in [0.5, 0.6) is 0 Å². The Hall–Kier alpha value is -2.93. The van der Waals surface area contributed by atoms with E-state index in [9.17, 15) is 13.2 Å². The number of aryl methyl sites for hydroxylation is 1. The van der Waals surface area contributed by atoms with Crippen molar-refractivity contribution in [1.29, 1.82) is 0 Å². The van der Waals surface area contributed by atoms with Gasteiger partial charge in [0.25, 0.3) is 5.91 Å². The first-order valence-electron chi connectivity index (χ1n) is 10.1. The van der Waals surface area contributed by atoms with Crippen molar-refractivity contribution in [3.63, 3.8) is 0 Å². The van der Waals surface area contributed by atoms with Crippen LogP contribution >= 0.6 is 0 Å². The number of amides is 1. The largest absolute Gasteiger partial charge is 0.345 e. The monoisotopic (exact) mass is 439 g/mol. The Balaban J connectivity index is 1.77. The Bertz CT molecular complexity index is 1240. The summed E-state index contributed by atoms with van der Waals surface area (Å²) in [5.74, 6) is -0.210. The number of rotatable bonds is 5. The second-order valence-electron chi connectivity index (χ2n) is 9.03. The highest BCUT2D eigenvalue weighted by atomic mass is 32.2. The molecule has 31 heavy (non-hydrogen) atoms. The Kier molecular flexibility index (Phi) is 6.09. The number of hydrogen-bond donors (Lipinski definition) is 2. The van der Waals surface area contributed by atoms with Gasteiger partial charge < -0.3 is 5.32 Å². The minimum atomic E-state index is -3.34. The van der Waals surface area contributed by atoms with Crippen molar-refractivity contribution in [3.05, 3.63) is 70.9 Å². The van der Waals surface area contributed by atoms with Gasteiger partial charge in [0.15, 0.2) is 0 Å². The van der Waals surface area contributed by atoms with E-state index in [0.29, 0.717) is 11.3 Å². The summed E-state index contributed by atoms with van der Waals surface area (Å²) in [6, 6.07) is 13.1. The fourth-order valence-electron chi connectivity index (χ4n) is 3.35. The van der Waals surface area contributed by atoms with Crippen molar-refractivity contribution in [2.24, 2.45) is 0 Å². The van der Waals surface area contributed by atoms with Gasteiger partial charge in [-0.05, 0) is 54.2 Å². The maximum atomic E-state index is 12.8. The van der Waals surface area contributed by atoms with Crippen molar-refractivity contribution in [3.8, 4) is 0 Å². The number of nitrogens with one attached hydrogen (secondary N) is 2. The minimum Gasteiger partial charge on any atom is -0.345 e. The number of hydrogen-bond acceptors (Lipinski definition) is 4. The molecule has 0 saturated carbocycles. The molecule has 1 amide bonds. The van der Waals surface area contributed by atoms with Gasteiger partial charge in [0, 0.05) is 11.6 Å². The predicted octanol–water partition coefficient (Wildman–Crippen LogP) is 4.70. The van der Waals surface area contributed by atoms with Crippen molar-refractivity contribution in [1.82, 2.24) is 10.3 Å². The molecule has 0 radical (unpaired) electrons. The number of sulfonamides is 1. The van der Waals surface area contributed by atoms with E-state index < -0.39 is 10.0 Å². The van der Waals surface area contributed by atoms with E-state index in [2.05, 4.69) is 47.9 Å². The third-order valence-corrected chi connectivity index (χ3v) is 5.80. The first-order chi connectivity index (χ1) is 14.3. The first kappa shape index (κ1) is 22.7. The molecule has 0 aliphatic carbocycles. The SMILES string of the molecule is Cc1cc(C(C)NC(=O)c2cnc3cc(C(C)(C)C)ccc3c2)ccc1NS(C)(=O)=O. The molecule has 1 atom stereocenters. The summed E-state index contributed by atoms with van der Waals surface area (Å²) in [6.45, 7) is 10.2. The summed E-state index contributed by atoms with van der Waals surface area (Å²) < 4.78 is 25.4. The number of carbonyl (C=O) groups is 1. The molecule has 1 aromatic heterocycles. The van der Waals surface area contributed by atoms with Crippen LogP contribution in [0.25, 0.3) is 10.9 Å². The Morgan fingerprint density at radius 1 is 1.06 bits per heavy atom. The summed E-state index contributed by atoms with van der Waals surface area (Å²) in [6.07, 6.45) is 2.71. The van der Waals surface area contributed by atoms with Crippen LogP contribution in [0.3, 0.4) is 0 Å². The molecule has 2 N–H and O–H groups in total. The van der Waals surface area contributed by atoms with E-state index in [1.54, 1.807) is 18.3 Å². The van der Waals surface area contributed by atoms with Crippen molar-refractivity contribution in [2.45, 2.75) is 46.1 Å². The molecule has 0 spiro atoms. The summed E-state index contributed by atoms with van der Waals surface area (Å²) in [5.41, 5.74) is 4.78. The first-order valence-corrected chi connectivity index (χ1v) is 12.0. The molecule has 164 valence electrons. The molecule has 0 aliphatic rings. The van der Waals surface area contributed by atoms with Crippen molar-refractivity contribution < 1.29 is 13.2 Å². The minimum absolute atomic E-state index is 0.0336. The molecule has 1 unspecified atom stereocenters. The molecular weight excluding hydrogens is 410 g/mol. The highest BCUT2D eigenvalue weighted by Crippen LogP contribution is 2.26. The molecule has 3 aromatic rings. The number of pyridine rings is 1. The predicted molar refractivity (Wildman–Crippen MR) is 126 cm³/mol. The smallest absolute Gasteiger partial charge is 0.253 e. The molecule has 7 heteroatoms. The molecule has 6 nitrogen and oxygen atoms in total. The number of nitrogens with zero attached hydrogens (tertiary/aromatic N) is 1. The number of anilines is 1. The van der Waals surface area contributed by atoms with Gasteiger partial charge in [0.1, 0.15) is 0 Å². The molecular formula is C24H29N3O3S. The Morgan fingerprint density at radius 2 is 1.77 bits per heavy atom. The van der Waals surface area contributed by atoms with Gasteiger partial charge in [-0.1, -0.05) is 45.0 Å². The zero-order valence-electron chi connectivity index (χ0n) is 18.8. The third-order valence-electron chi connectivity index (χ3n) is 5.21. The van der Waals surface area contributed by atoms with E-state index in [0.717, 1.165) is 28.3 Å². The number of fused-ring (bicyclic) bond motifs is 1. The summed E-state index contributed by atoms with van der Waals surface area (Å²) >= 11 is 0. The molecule has 0 fully saturated rings. The quantitative estimate of drug-likeness (QED) is 0.603. The van der Waals surface area contributed by atoms with Crippen molar-refractivity contribution >= 4 is 32.5 Å². The Morgan fingerprint density at radius 3 is 2.39 bits per heavy atom. The lowest BCUT2D eigenvalue weighted by molar-refractivity contribution is 0.0939. The summed E-state index contributed by atoms with van der Waals surface area (Å²) in [4.78, 5) is 17.3. The lowest BCUT2D eigenvalue weighted by Crippen LogP contribution is -2.26. The third kappa shape index (κ3) is 5.61. The van der Waals surface area contributed by atoms with E-state index in [1.807, 2.05) is 32.0 Å². The second kappa shape index (κ2) is 8.30. The maximum absolute atomic E-state index is 12.8. The van der Waals surface area contributed by atoms with Crippen LogP contribution in [0, 0.1) is 6.92 Å². The average molecular weight is 440 g/mol. The van der Waals surface area contributed by atoms with E-state index in [4.69, 9.17) is 0 Å². The lowest BCUT2D eigenvalue weighted by atomic mass is 9.86. The van der Waals surface area contributed by atoms with Gasteiger partial charge in [-0.2, -0.15) is 0 Å². The van der Waals surface area contributed by atoms with Gasteiger partial charge in [-0.3, -0.25) is 14.5 Å². The fraction of sp³-hybridized carbons (Fsp3) is 0.333. The Labute approximate surface area is 184 Å². The van der Waals surface area contributed by atoms with Gasteiger partial charge in [-0.25, -0.2) is 8.42 Å². The van der Waals surface area contributed by atoms with Crippen LogP contribution in [-0.4, -0.2) is 25.6 Å². The van der Waals surface area contributed by atoms with Gasteiger partial charge in [0.2, 0.25) is 10.0 Å². The van der Waals surface area contributed by atoms with Crippen LogP contribution < -0.4 is 10.0 Å². The second-order valence-corrected chi connectivity index (χ2v) is 10.8. The molecule has 3 rings (SSSR count). The molecule has 0 saturated heterocycles. The highest BCUT2D eigenvalue weighted by molar-refractivity contribution is 7.92. The molecule has 0 aliphatic heterocycles. The number of carbonyl (C=O) groups excluding carboxylic acids is 1. The van der Waals surface area contributed by atoms with Crippen LogP contribution in [0.2, 0.25) is 0 Å². The van der Waals surface area contributed by atoms with E-state index in [-0.39, 0.29) is 17.4 Å². The van der Waals surface area contributed by atoms with E-state index >= 15 is 0 Å². The highest BCUT2D eigenvalue weighted by Gasteiger charge is 2.16. The summed E-state index contributed by atoms with van der Waals surface area (Å²) in [5, 5.41) is 3.91.